The number of non-ortho nitro benzene ring substituents is 1. The molecule has 0 unspecified atom stereocenters. The molecule has 0 amide bonds. The number of carboxylic acids is 1. The second-order valence-electron chi connectivity index (χ2n) is 3.77. The van der Waals surface area contributed by atoms with Gasteiger partial charge in [-0.1, -0.05) is 11.6 Å². The Morgan fingerprint density at radius 2 is 2.20 bits per heavy atom. The van der Waals surface area contributed by atoms with Crippen LogP contribution in [0.4, 0.5) is 5.69 Å². The Labute approximate surface area is 117 Å². The van der Waals surface area contributed by atoms with Gasteiger partial charge < -0.3 is 14.3 Å². The maximum atomic E-state index is 10.7. The summed E-state index contributed by atoms with van der Waals surface area (Å²) in [7, 11) is 0. The lowest BCUT2D eigenvalue weighted by Crippen LogP contribution is -1.97. The third-order valence-corrected chi connectivity index (χ3v) is 2.71. The van der Waals surface area contributed by atoms with Gasteiger partial charge in [0.25, 0.3) is 5.69 Å². The monoisotopic (exact) mass is 297 g/mol. The van der Waals surface area contributed by atoms with Crippen molar-refractivity contribution >= 4 is 23.3 Å². The predicted molar refractivity (Wildman–Crippen MR) is 68.1 cm³/mol. The first-order chi connectivity index (χ1) is 9.47. The van der Waals surface area contributed by atoms with E-state index in [1.54, 1.807) is 0 Å². The van der Waals surface area contributed by atoms with Crippen molar-refractivity contribution in [2.45, 2.75) is 6.61 Å². The van der Waals surface area contributed by atoms with Gasteiger partial charge in [-0.2, -0.15) is 0 Å². The van der Waals surface area contributed by atoms with E-state index in [2.05, 4.69) is 0 Å². The highest BCUT2D eigenvalue weighted by atomic mass is 35.5. The number of carbonyl (C=O) groups is 1. The molecule has 0 aliphatic rings. The fourth-order valence-corrected chi connectivity index (χ4v) is 1.61. The largest absolute Gasteiger partial charge is 0.484 e. The molecule has 0 atom stereocenters. The number of hydrogen-bond acceptors (Lipinski definition) is 5. The van der Waals surface area contributed by atoms with Gasteiger partial charge in [-0.25, -0.2) is 4.79 Å². The number of hydrogen-bond donors (Lipinski definition) is 1. The summed E-state index contributed by atoms with van der Waals surface area (Å²) < 4.78 is 10.3. The van der Waals surface area contributed by atoms with Crippen LogP contribution in [0.2, 0.25) is 5.02 Å². The fraction of sp³-hybridized carbons (Fsp3) is 0.0833. The molecule has 0 saturated carbocycles. The number of ether oxygens (including phenoxy) is 1. The van der Waals surface area contributed by atoms with E-state index in [1.165, 1.54) is 24.3 Å². The van der Waals surface area contributed by atoms with Gasteiger partial charge in [-0.15, -0.1) is 0 Å². The molecule has 0 aliphatic heterocycles. The molecule has 2 aromatic rings. The lowest BCUT2D eigenvalue weighted by atomic mass is 10.3. The summed E-state index contributed by atoms with van der Waals surface area (Å²) in [6, 6.07) is 5.08. The lowest BCUT2D eigenvalue weighted by Gasteiger charge is -2.05. The van der Waals surface area contributed by atoms with Crippen molar-refractivity contribution in [1.82, 2.24) is 0 Å². The van der Waals surface area contributed by atoms with E-state index < -0.39 is 10.9 Å². The van der Waals surface area contributed by atoms with Crippen LogP contribution in [0.3, 0.4) is 0 Å². The van der Waals surface area contributed by atoms with Gasteiger partial charge in [0.2, 0.25) is 0 Å². The molecule has 1 heterocycles. The lowest BCUT2D eigenvalue weighted by molar-refractivity contribution is -0.384. The van der Waals surface area contributed by atoms with Crippen LogP contribution in [0.1, 0.15) is 16.1 Å². The highest BCUT2D eigenvalue weighted by molar-refractivity contribution is 6.32. The van der Waals surface area contributed by atoms with Crippen molar-refractivity contribution in [2.75, 3.05) is 0 Å². The van der Waals surface area contributed by atoms with Crippen molar-refractivity contribution in [2.24, 2.45) is 0 Å². The summed E-state index contributed by atoms with van der Waals surface area (Å²) in [6.45, 7) is -0.0891. The highest BCUT2D eigenvalue weighted by Crippen LogP contribution is 2.29. The van der Waals surface area contributed by atoms with Crippen LogP contribution in [-0.2, 0) is 6.61 Å². The number of nitro groups is 1. The number of rotatable bonds is 5. The number of halogens is 1. The van der Waals surface area contributed by atoms with Crippen LogP contribution in [0, 0.1) is 10.1 Å². The molecule has 7 nitrogen and oxygen atoms in total. The van der Waals surface area contributed by atoms with Gasteiger partial charge in [-0.05, 0) is 12.1 Å². The van der Waals surface area contributed by atoms with Crippen molar-refractivity contribution < 1.29 is 24.0 Å². The number of nitrogens with zero attached hydrogens (tertiary/aromatic N) is 1. The molecule has 0 fully saturated rings. The molecule has 1 aromatic heterocycles. The SMILES string of the molecule is O=C(O)c1coc(COc2cc([N+](=O)[O-])ccc2Cl)c1. The molecule has 20 heavy (non-hydrogen) atoms. The van der Waals surface area contributed by atoms with Gasteiger partial charge in [0.15, 0.2) is 0 Å². The van der Waals surface area contributed by atoms with E-state index in [0.717, 1.165) is 6.26 Å². The number of benzene rings is 1. The maximum Gasteiger partial charge on any atom is 0.338 e. The summed E-state index contributed by atoms with van der Waals surface area (Å²) >= 11 is 5.85. The maximum absolute atomic E-state index is 10.7. The summed E-state index contributed by atoms with van der Waals surface area (Å²) in [6.07, 6.45) is 1.08. The van der Waals surface area contributed by atoms with Gasteiger partial charge in [0.05, 0.1) is 21.6 Å². The van der Waals surface area contributed by atoms with Crippen molar-refractivity contribution in [3.63, 3.8) is 0 Å². The van der Waals surface area contributed by atoms with Crippen LogP contribution in [0.25, 0.3) is 0 Å². The van der Waals surface area contributed by atoms with Crippen LogP contribution >= 0.6 is 11.6 Å². The average molecular weight is 298 g/mol. The first-order valence-corrected chi connectivity index (χ1v) is 5.72. The van der Waals surface area contributed by atoms with Crippen LogP contribution < -0.4 is 4.74 Å². The van der Waals surface area contributed by atoms with Crippen molar-refractivity contribution in [3.05, 3.63) is 57.0 Å². The van der Waals surface area contributed by atoms with Crippen molar-refractivity contribution in [3.8, 4) is 5.75 Å². The Morgan fingerprint density at radius 3 is 2.80 bits per heavy atom. The molecule has 1 aromatic carbocycles. The number of aromatic carboxylic acids is 1. The minimum absolute atomic E-state index is 0.00580. The Balaban J connectivity index is 2.11. The molecule has 1 N–H and O–H groups in total. The molecular weight excluding hydrogens is 290 g/mol. The van der Waals surface area contributed by atoms with E-state index in [-0.39, 0.29) is 34.4 Å². The molecule has 0 saturated heterocycles. The molecule has 0 bridgehead atoms. The van der Waals surface area contributed by atoms with E-state index in [4.69, 9.17) is 25.9 Å². The third kappa shape index (κ3) is 3.07. The Hall–Kier alpha value is -2.54. The summed E-state index contributed by atoms with van der Waals surface area (Å²) in [4.78, 5) is 20.7. The molecule has 0 aliphatic carbocycles. The van der Waals surface area contributed by atoms with Crippen LogP contribution in [0.5, 0.6) is 5.75 Å². The quantitative estimate of drug-likeness (QED) is 0.672. The van der Waals surface area contributed by atoms with Gasteiger partial charge in [0.1, 0.15) is 24.4 Å². The zero-order valence-electron chi connectivity index (χ0n) is 9.91. The third-order valence-electron chi connectivity index (χ3n) is 2.40. The predicted octanol–water partition coefficient (Wildman–Crippen LogP) is 3.12. The minimum atomic E-state index is -1.12. The number of furan rings is 1. The molecule has 0 spiro atoms. The molecular formula is C12H8ClNO6. The number of nitro benzene ring substituents is 1. The summed E-state index contributed by atoms with van der Waals surface area (Å²) in [5, 5.41) is 19.6. The standard InChI is InChI=1S/C12H8ClNO6/c13-10-2-1-8(14(17)18)4-11(10)20-6-9-3-7(5-19-9)12(15)16/h1-5H,6H2,(H,15,16). The van der Waals surface area contributed by atoms with E-state index >= 15 is 0 Å². The zero-order chi connectivity index (χ0) is 14.7. The molecule has 0 radical (unpaired) electrons. The van der Waals surface area contributed by atoms with E-state index in [1.807, 2.05) is 0 Å². The van der Waals surface area contributed by atoms with Crippen LogP contribution in [-0.4, -0.2) is 16.0 Å². The van der Waals surface area contributed by atoms with Gasteiger partial charge in [-0.3, -0.25) is 10.1 Å². The zero-order valence-corrected chi connectivity index (χ0v) is 10.7. The number of carboxylic acid groups (broad SMARTS) is 1. The summed E-state index contributed by atoms with van der Waals surface area (Å²) in [5.41, 5.74) is -0.163. The first-order valence-electron chi connectivity index (χ1n) is 5.35. The fourth-order valence-electron chi connectivity index (χ4n) is 1.43. The van der Waals surface area contributed by atoms with E-state index in [9.17, 15) is 14.9 Å². The van der Waals surface area contributed by atoms with Gasteiger partial charge in [0, 0.05) is 6.07 Å². The Kier molecular flexibility index (Phi) is 3.90. The van der Waals surface area contributed by atoms with Crippen LogP contribution in [0.15, 0.2) is 34.9 Å². The Morgan fingerprint density at radius 1 is 1.45 bits per heavy atom. The molecule has 104 valence electrons. The van der Waals surface area contributed by atoms with E-state index in [0.29, 0.717) is 0 Å². The normalized spacial score (nSPS) is 10.2. The minimum Gasteiger partial charge on any atom is -0.484 e. The molecule has 8 heteroatoms. The topological polar surface area (TPSA) is 103 Å². The van der Waals surface area contributed by atoms with Crippen molar-refractivity contribution in [1.29, 1.82) is 0 Å². The highest BCUT2D eigenvalue weighted by Gasteiger charge is 2.13. The smallest absolute Gasteiger partial charge is 0.338 e. The average Bonchev–Trinajstić information content (AvgIpc) is 2.86. The second-order valence-corrected chi connectivity index (χ2v) is 4.17. The first kappa shape index (κ1) is 13.9. The molecule has 2 rings (SSSR count). The summed E-state index contributed by atoms with van der Waals surface area (Å²) in [5.74, 6) is -0.729. The second kappa shape index (κ2) is 5.62. The van der Waals surface area contributed by atoms with Gasteiger partial charge >= 0.3 is 5.97 Å². The Bertz CT molecular complexity index is 666.